The zero-order valence-electron chi connectivity index (χ0n) is 13.6. The largest absolute Gasteiger partial charge is 0.507 e. The molecule has 5 heteroatoms. The van der Waals surface area contributed by atoms with Gasteiger partial charge in [0.1, 0.15) is 11.5 Å². The van der Waals surface area contributed by atoms with Crippen LogP contribution in [-0.2, 0) is 4.79 Å². The molecule has 1 amide bonds. The van der Waals surface area contributed by atoms with Crippen LogP contribution in [0.25, 0.3) is 6.08 Å². The van der Waals surface area contributed by atoms with Crippen LogP contribution in [-0.4, -0.2) is 23.4 Å². The molecule has 24 heavy (non-hydrogen) atoms. The number of amides is 1. The number of hydrogen-bond acceptors (Lipinski definition) is 4. The first-order chi connectivity index (χ1) is 11.5. The van der Waals surface area contributed by atoms with Crippen LogP contribution in [0.3, 0.4) is 0 Å². The molecule has 2 aromatic carbocycles. The molecular weight excluding hydrogens is 306 g/mol. The molecule has 0 aliphatic rings. The van der Waals surface area contributed by atoms with Gasteiger partial charge in [0.15, 0.2) is 5.78 Å². The Labute approximate surface area is 140 Å². The van der Waals surface area contributed by atoms with Crippen LogP contribution in [0.15, 0.2) is 48.5 Å². The van der Waals surface area contributed by atoms with Gasteiger partial charge in [-0.3, -0.25) is 9.59 Å². The van der Waals surface area contributed by atoms with Crippen LogP contribution in [0.2, 0.25) is 0 Å². The van der Waals surface area contributed by atoms with E-state index >= 15 is 0 Å². The number of anilines is 1. The summed E-state index contributed by atoms with van der Waals surface area (Å²) >= 11 is 0. The lowest BCUT2D eigenvalue weighted by molar-refractivity contribution is -0.114. The molecule has 0 aromatic heterocycles. The zero-order valence-corrected chi connectivity index (χ0v) is 13.6. The number of carbonyl (C=O) groups is 2. The third kappa shape index (κ3) is 4.71. The van der Waals surface area contributed by atoms with E-state index in [0.29, 0.717) is 12.3 Å². The van der Waals surface area contributed by atoms with E-state index in [1.54, 1.807) is 6.08 Å². The lowest BCUT2D eigenvalue weighted by atomic mass is 10.1. The predicted octanol–water partition coefficient (Wildman–Crippen LogP) is 3.65. The molecule has 124 valence electrons. The van der Waals surface area contributed by atoms with Gasteiger partial charge in [0.2, 0.25) is 5.91 Å². The van der Waals surface area contributed by atoms with Crippen molar-refractivity contribution in [1.82, 2.24) is 0 Å². The van der Waals surface area contributed by atoms with Crippen molar-refractivity contribution in [2.45, 2.75) is 13.8 Å². The van der Waals surface area contributed by atoms with E-state index < -0.39 is 0 Å². The van der Waals surface area contributed by atoms with Gasteiger partial charge in [-0.1, -0.05) is 18.2 Å². The average Bonchev–Trinajstić information content (AvgIpc) is 2.55. The standard InChI is InChI=1S/C19H19NO4/c1-3-24-16-8-4-14(5-9-16)6-10-18(22)17-12-15(20-13(2)21)7-11-19(17)23/h4-12,23H,3H2,1-2H3,(H,20,21)/b10-6+. The minimum Gasteiger partial charge on any atom is -0.507 e. The summed E-state index contributed by atoms with van der Waals surface area (Å²) < 4.78 is 5.36. The number of nitrogens with one attached hydrogen (secondary N) is 1. The Kier molecular flexibility index (Phi) is 5.73. The monoisotopic (exact) mass is 325 g/mol. The number of aromatic hydroxyl groups is 1. The summed E-state index contributed by atoms with van der Waals surface area (Å²) in [5.41, 5.74) is 1.42. The van der Waals surface area contributed by atoms with Crippen molar-refractivity contribution >= 4 is 23.5 Å². The number of allylic oxidation sites excluding steroid dienone is 1. The first-order valence-electron chi connectivity index (χ1n) is 7.55. The van der Waals surface area contributed by atoms with Crippen molar-refractivity contribution in [2.24, 2.45) is 0 Å². The van der Waals surface area contributed by atoms with Gasteiger partial charge in [-0.2, -0.15) is 0 Å². The Balaban J connectivity index is 2.15. The van der Waals surface area contributed by atoms with E-state index in [1.807, 2.05) is 31.2 Å². The summed E-state index contributed by atoms with van der Waals surface area (Å²) in [6.07, 6.45) is 3.03. The molecule has 0 fully saturated rings. The molecule has 0 aliphatic carbocycles. The van der Waals surface area contributed by atoms with E-state index in [1.165, 1.54) is 31.2 Å². The Morgan fingerprint density at radius 3 is 2.50 bits per heavy atom. The third-order valence-corrected chi connectivity index (χ3v) is 3.20. The fourth-order valence-corrected chi connectivity index (χ4v) is 2.12. The van der Waals surface area contributed by atoms with Crippen LogP contribution in [0, 0.1) is 0 Å². The second-order valence-corrected chi connectivity index (χ2v) is 5.11. The van der Waals surface area contributed by atoms with Gasteiger partial charge in [0.25, 0.3) is 0 Å². The highest BCUT2D eigenvalue weighted by atomic mass is 16.5. The van der Waals surface area contributed by atoms with Crippen molar-refractivity contribution < 1.29 is 19.4 Å². The van der Waals surface area contributed by atoms with Gasteiger partial charge >= 0.3 is 0 Å². The molecule has 0 atom stereocenters. The first kappa shape index (κ1) is 17.3. The maximum absolute atomic E-state index is 12.3. The smallest absolute Gasteiger partial charge is 0.221 e. The second-order valence-electron chi connectivity index (χ2n) is 5.11. The lowest BCUT2D eigenvalue weighted by Crippen LogP contribution is -2.06. The number of hydrogen-bond donors (Lipinski definition) is 2. The molecule has 2 aromatic rings. The maximum Gasteiger partial charge on any atom is 0.221 e. The highest BCUT2D eigenvalue weighted by Gasteiger charge is 2.10. The van der Waals surface area contributed by atoms with E-state index in [-0.39, 0.29) is 23.0 Å². The molecule has 0 heterocycles. The van der Waals surface area contributed by atoms with E-state index in [2.05, 4.69) is 5.32 Å². The lowest BCUT2D eigenvalue weighted by Gasteiger charge is -2.06. The molecule has 0 radical (unpaired) electrons. The van der Waals surface area contributed by atoms with Gasteiger partial charge in [-0.05, 0) is 48.9 Å². The molecule has 0 unspecified atom stereocenters. The Morgan fingerprint density at radius 1 is 1.17 bits per heavy atom. The molecule has 0 saturated carbocycles. The number of ether oxygens (including phenoxy) is 1. The van der Waals surface area contributed by atoms with Gasteiger partial charge in [-0.15, -0.1) is 0 Å². The molecule has 0 spiro atoms. The summed E-state index contributed by atoms with van der Waals surface area (Å²) in [5, 5.41) is 12.4. The molecule has 0 aliphatic heterocycles. The predicted molar refractivity (Wildman–Crippen MR) is 93.4 cm³/mol. The molecular formula is C19H19NO4. The minimum absolute atomic E-state index is 0.128. The number of ketones is 1. The average molecular weight is 325 g/mol. The number of phenols is 1. The summed E-state index contributed by atoms with van der Waals surface area (Å²) in [7, 11) is 0. The van der Waals surface area contributed by atoms with Crippen molar-refractivity contribution in [2.75, 3.05) is 11.9 Å². The van der Waals surface area contributed by atoms with Crippen LogP contribution in [0.5, 0.6) is 11.5 Å². The molecule has 5 nitrogen and oxygen atoms in total. The molecule has 2 rings (SSSR count). The Morgan fingerprint density at radius 2 is 1.88 bits per heavy atom. The summed E-state index contributed by atoms with van der Waals surface area (Å²) in [5.74, 6) is 0.0321. The quantitative estimate of drug-likeness (QED) is 0.483. The number of phenolic OH excluding ortho intramolecular Hbond substituents is 1. The molecule has 2 N–H and O–H groups in total. The van der Waals surface area contributed by atoms with Gasteiger partial charge in [0, 0.05) is 12.6 Å². The van der Waals surface area contributed by atoms with E-state index in [4.69, 9.17) is 4.74 Å². The van der Waals surface area contributed by atoms with Gasteiger partial charge in [-0.25, -0.2) is 0 Å². The number of benzene rings is 2. The maximum atomic E-state index is 12.3. The van der Waals surface area contributed by atoms with Crippen molar-refractivity contribution in [3.05, 3.63) is 59.7 Å². The van der Waals surface area contributed by atoms with Crippen LogP contribution < -0.4 is 10.1 Å². The van der Waals surface area contributed by atoms with E-state index in [0.717, 1.165) is 11.3 Å². The summed E-state index contributed by atoms with van der Waals surface area (Å²) in [6, 6.07) is 11.7. The first-order valence-corrected chi connectivity index (χ1v) is 7.55. The summed E-state index contributed by atoms with van der Waals surface area (Å²) in [6.45, 7) is 3.88. The van der Waals surface area contributed by atoms with Crippen molar-refractivity contribution in [3.8, 4) is 11.5 Å². The number of rotatable bonds is 6. The van der Waals surface area contributed by atoms with Crippen LogP contribution in [0.4, 0.5) is 5.69 Å². The molecule has 0 saturated heterocycles. The highest BCUT2D eigenvalue weighted by molar-refractivity contribution is 6.09. The Bertz CT molecular complexity index is 763. The SMILES string of the molecule is CCOc1ccc(/C=C/C(=O)c2cc(NC(C)=O)ccc2O)cc1. The number of carbonyl (C=O) groups excluding carboxylic acids is 2. The normalized spacial score (nSPS) is 10.6. The van der Waals surface area contributed by atoms with Gasteiger partial charge in [0.05, 0.1) is 12.2 Å². The van der Waals surface area contributed by atoms with Gasteiger partial charge < -0.3 is 15.2 Å². The van der Waals surface area contributed by atoms with Crippen molar-refractivity contribution in [3.63, 3.8) is 0 Å². The Hall–Kier alpha value is -3.08. The summed E-state index contributed by atoms with van der Waals surface area (Å²) in [4.78, 5) is 23.3. The highest BCUT2D eigenvalue weighted by Crippen LogP contribution is 2.23. The van der Waals surface area contributed by atoms with Crippen LogP contribution in [0.1, 0.15) is 29.8 Å². The van der Waals surface area contributed by atoms with Crippen molar-refractivity contribution in [1.29, 1.82) is 0 Å². The second kappa shape index (κ2) is 7.97. The molecule has 0 bridgehead atoms. The topological polar surface area (TPSA) is 75.6 Å². The minimum atomic E-state index is -0.353. The fourth-order valence-electron chi connectivity index (χ4n) is 2.12. The zero-order chi connectivity index (χ0) is 17.5. The fraction of sp³-hybridized carbons (Fsp3) is 0.158. The van der Waals surface area contributed by atoms with Crippen LogP contribution >= 0.6 is 0 Å². The van der Waals surface area contributed by atoms with E-state index in [9.17, 15) is 14.7 Å². The third-order valence-electron chi connectivity index (χ3n) is 3.20.